The minimum Gasteiger partial charge on any atom is -0.400 e. The summed E-state index contributed by atoms with van der Waals surface area (Å²) in [7, 11) is -0.576. The summed E-state index contributed by atoms with van der Waals surface area (Å²) < 4.78 is 12.0. The molecule has 1 aliphatic carbocycles. The zero-order valence-electron chi connectivity index (χ0n) is 15.3. The van der Waals surface area contributed by atoms with E-state index in [2.05, 4.69) is 5.32 Å². The van der Waals surface area contributed by atoms with E-state index in [1.165, 1.54) is 0 Å². The van der Waals surface area contributed by atoms with E-state index in [1.807, 2.05) is 45.9 Å². The predicted octanol–water partition coefficient (Wildman–Crippen LogP) is 2.59. The van der Waals surface area contributed by atoms with Crippen molar-refractivity contribution in [1.82, 2.24) is 5.32 Å². The second kappa shape index (κ2) is 6.59. The highest BCUT2D eigenvalue weighted by Gasteiger charge is 2.52. The maximum atomic E-state index is 12.0. The molecule has 0 unspecified atom stereocenters. The van der Waals surface area contributed by atoms with Gasteiger partial charge in [0.1, 0.15) is 0 Å². The van der Waals surface area contributed by atoms with E-state index in [9.17, 15) is 9.90 Å². The van der Waals surface area contributed by atoms with Crippen molar-refractivity contribution in [3.05, 3.63) is 40.9 Å². The molecule has 2 N–H and O–H groups in total. The van der Waals surface area contributed by atoms with Crippen molar-refractivity contribution >= 4 is 19.1 Å². The number of aliphatic hydroxyl groups excluding tert-OH is 1. The zero-order chi connectivity index (χ0) is 18.2. The van der Waals surface area contributed by atoms with E-state index < -0.39 is 18.3 Å². The first-order chi connectivity index (χ1) is 11.7. The number of amides is 1. The lowest BCUT2D eigenvalue weighted by atomic mass is 9.77. The van der Waals surface area contributed by atoms with Crippen LogP contribution in [0.4, 0.5) is 0 Å². The van der Waals surface area contributed by atoms with E-state index in [4.69, 9.17) is 9.31 Å². The van der Waals surface area contributed by atoms with E-state index in [-0.39, 0.29) is 12.5 Å². The van der Waals surface area contributed by atoms with Gasteiger partial charge in [-0.1, -0.05) is 18.2 Å². The Bertz CT molecular complexity index is 661. The molecule has 2 fully saturated rings. The van der Waals surface area contributed by atoms with Crippen LogP contribution in [0, 0.1) is 0 Å². The van der Waals surface area contributed by atoms with Gasteiger partial charge in [-0.2, -0.15) is 0 Å². The molecule has 6 heteroatoms. The second-order valence-electron chi connectivity index (χ2n) is 7.84. The molecule has 3 rings (SSSR count). The van der Waals surface area contributed by atoms with E-state index in [0.717, 1.165) is 18.4 Å². The third-order valence-electron chi connectivity index (χ3n) is 5.18. The molecule has 134 valence electrons. The number of aliphatic hydroxyl groups is 1. The monoisotopic (exact) mass is 343 g/mol. The fourth-order valence-corrected chi connectivity index (χ4v) is 2.62. The van der Waals surface area contributed by atoms with Gasteiger partial charge in [-0.15, -0.1) is 0 Å². The number of nitrogens with one attached hydrogen (secondary N) is 1. The Balaban J connectivity index is 1.73. The van der Waals surface area contributed by atoms with Crippen molar-refractivity contribution in [2.24, 2.45) is 0 Å². The van der Waals surface area contributed by atoms with Crippen LogP contribution in [0.15, 0.2) is 29.7 Å². The number of rotatable bonds is 5. The van der Waals surface area contributed by atoms with Crippen molar-refractivity contribution in [3.63, 3.8) is 0 Å². The number of carbonyl (C=O) groups excluding carboxylic acids is 1. The summed E-state index contributed by atoms with van der Waals surface area (Å²) in [5, 5.41) is 12.7. The Kier molecular flexibility index (Phi) is 4.79. The van der Waals surface area contributed by atoms with Crippen LogP contribution in [0.25, 0.3) is 6.08 Å². The van der Waals surface area contributed by atoms with Gasteiger partial charge in [0.25, 0.3) is 5.91 Å². The smallest absolute Gasteiger partial charge is 0.400 e. The summed E-state index contributed by atoms with van der Waals surface area (Å²) in [5.41, 5.74) is 1.30. The van der Waals surface area contributed by atoms with Gasteiger partial charge in [0.05, 0.1) is 17.8 Å². The van der Waals surface area contributed by atoms with E-state index in [1.54, 1.807) is 12.1 Å². The van der Waals surface area contributed by atoms with Crippen molar-refractivity contribution in [2.75, 3.05) is 6.61 Å². The van der Waals surface area contributed by atoms with Crippen molar-refractivity contribution in [2.45, 2.75) is 57.8 Å². The quantitative estimate of drug-likeness (QED) is 0.807. The molecule has 1 amide bonds. The molecule has 1 aromatic carbocycles. The summed E-state index contributed by atoms with van der Waals surface area (Å²) in [6.45, 7) is 7.77. The highest BCUT2D eigenvalue weighted by atomic mass is 16.7. The van der Waals surface area contributed by atoms with Gasteiger partial charge >= 0.3 is 7.12 Å². The SMILES string of the molecule is CC1(C)OB(C(=Cc2ccc(C(=O)NC3CC3)cc2)CO)OC1(C)C. The van der Waals surface area contributed by atoms with Crippen LogP contribution in [0.1, 0.15) is 56.5 Å². The first-order valence-corrected chi connectivity index (χ1v) is 8.80. The van der Waals surface area contributed by atoms with Gasteiger partial charge in [0, 0.05) is 11.6 Å². The van der Waals surface area contributed by atoms with Gasteiger partial charge < -0.3 is 19.7 Å². The van der Waals surface area contributed by atoms with Crippen LogP contribution in [-0.2, 0) is 9.31 Å². The van der Waals surface area contributed by atoms with Crippen LogP contribution < -0.4 is 5.32 Å². The Morgan fingerprint density at radius 1 is 1.20 bits per heavy atom. The highest BCUT2D eigenvalue weighted by Crippen LogP contribution is 2.38. The maximum absolute atomic E-state index is 12.0. The minimum atomic E-state index is -0.576. The Labute approximate surface area is 149 Å². The maximum Gasteiger partial charge on any atom is 0.492 e. The first-order valence-electron chi connectivity index (χ1n) is 8.80. The van der Waals surface area contributed by atoms with Gasteiger partial charge in [0.15, 0.2) is 0 Å². The van der Waals surface area contributed by atoms with Crippen molar-refractivity contribution in [1.29, 1.82) is 0 Å². The molecule has 1 saturated carbocycles. The van der Waals surface area contributed by atoms with Crippen LogP contribution in [0.2, 0.25) is 0 Å². The second-order valence-corrected chi connectivity index (χ2v) is 7.84. The molecule has 0 bridgehead atoms. The average Bonchev–Trinajstić information content (AvgIpc) is 3.32. The van der Waals surface area contributed by atoms with Crippen molar-refractivity contribution in [3.8, 4) is 0 Å². The predicted molar refractivity (Wildman–Crippen MR) is 98.1 cm³/mol. The van der Waals surface area contributed by atoms with Gasteiger partial charge in [-0.05, 0) is 63.7 Å². The van der Waals surface area contributed by atoms with E-state index in [0.29, 0.717) is 17.1 Å². The molecule has 1 aromatic rings. The van der Waals surface area contributed by atoms with Crippen LogP contribution >= 0.6 is 0 Å². The zero-order valence-corrected chi connectivity index (χ0v) is 15.3. The molecule has 0 radical (unpaired) electrons. The lowest BCUT2D eigenvalue weighted by Crippen LogP contribution is -2.41. The average molecular weight is 343 g/mol. The standard InChI is InChI=1S/C19H26BNO4/c1-18(2)19(3,4)25-20(24-18)15(12-22)11-13-5-7-14(8-6-13)17(23)21-16-9-10-16/h5-8,11,16,22H,9-10,12H2,1-4H3,(H,21,23). The summed E-state index contributed by atoms with van der Waals surface area (Å²) in [5.74, 6) is -0.0358. The fraction of sp³-hybridized carbons (Fsp3) is 0.526. The summed E-state index contributed by atoms with van der Waals surface area (Å²) in [6.07, 6.45) is 3.99. The van der Waals surface area contributed by atoms with Crippen LogP contribution in [0.3, 0.4) is 0 Å². The highest BCUT2D eigenvalue weighted by molar-refractivity contribution is 6.55. The Hall–Kier alpha value is -1.63. The van der Waals surface area contributed by atoms with E-state index >= 15 is 0 Å². The fourth-order valence-electron chi connectivity index (χ4n) is 2.62. The van der Waals surface area contributed by atoms with Crippen molar-refractivity contribution < 1.29 is 19.2 Å². The molecule has 1 aliphatic heterocycles. The normalized spacial score (nSPS) is 22.1. The Morgan fingerprint density at radius 3 is 2.24 bits per heavy atom. The van der Waals surface area contributed by atoms with Gasteiger partial charge in [0.2, 0.25) is 0 Å². The number of carbonyl (C=O) groups is 1. The first kappa shape index (κ1) is 18.2. The minimum absolute atomic E-state index is 0.0358. The van der Waals surface area contributed by atoms with Gasteiger partial charge in [-0.25, -0.2) is 0 Å². The summed E-state index contributed by atoms with van der Waals surface area (Å²) in [6, 6.07) is 7.66. The molecule has 1 heterocycles. The van der Waals surface area contributed by atoms with Gasteiger partial charge in [-0.3, -0.25) is 4.79 Å². The number of hydrogen-bond acceptors (Lipinski definition) is 4. The molecule has 0 atom stereocenters. The Morgan fingerprint density at radius 2 is 1.76 bits per heavy atom. The number of hydrogen-bond donors (Lipinski definition) is 2. The third kappa shape index (κ3) is 3.97. The molecule has 25 heavy (non-hydrogen) atoms. The molecular formula is C19H26BNO4. The summed E-state index contributed by atoms with van der Waals surface area (Å²) in [4.78, 5) is 12.0. The molecule has 2 aliphatic rings. The molecule has 5 nitrogen and oxygen atoms in total. The third-order valence-corrected chi connectivity index (χ3v) is 5.18. The number of benzene rings is 1. The lowest BCUT2D eigenvalue weighted by Gasteiger charge is -2.32. The molecule has 0 aromatic heterocycles. The molecule has 1 saturated heterocycles. The largest absolute Gasteiger partial charge is 0.492 e. The lowest BCUT2D eigenvalue weighted by molar-refractivity contribution is 0.00578. The molecule has 0 spiro atoms. The summed E-state index contributed by atoms with van der Waals surface area (Å²) >= 11 is 0. The van der Waals surface area contributed by atoms with Crippen LogP contribution in [-0.4, -0.2) is 42.0 Å². The topological polar surface area (TPSA) is 67.8 Å². The van der Waals surface area contributed by atoms with Crippen LogP contribution in [0.5, 0.6) is 0 Å². The molecular weight excluding hydrogens is 317 g/mol.